The number of morpholine rings is 1. The van der Waals surface area contributed by atoms with Crippen molar-refractivity contribution < 1.29 is 13.5 Å². The molecule has 0 bridgehead atoms. The van der Waals surface area contributed by atoms with Crippen LogP contribution in [0.5, 0.6) is 0 Å². The van der Waals surface area contributed by atoms with Gasteiger partial charge in [0.25, 0.3) is 6.43 Å². The van der Waals surface area contributed by atoms with Crippen molar-refractivity contribution in [2.75, 3.05) is 43.1 Å². The Morgan fingerprint density at radius 3 is 2.56 bits per heavy atom. The van der Waals surface area contributed by atoms with E-state index in [9.17, 15) is 8.78 Å². The van der Waals surface area contributed by atoms with Gasteiger partial charge in [0.15, 0.2) is 5.82 Å². The number of fused-ring (bicyclic) bond motifs is 1. The molecule has 3 aromatic rings. The molecular weight excluding hydrogens is 352 g/mol. The van der Waals surface area contributed by atoms with E-state index in [0.29, 0.717) is 22.5 Å². The predicted octanol–water partition coefficient (Wildman–Crippen LogP) is 3.21. The summed E-state index contributed by atoms with van der Waals surface area (Å²) in [5.41, 5.74) is 3.76. The van der Waals surface area contributed by atoms with Crippen molar-refractivity contribution in [1.82, 2.24) is 15.0 Å². The molecule has 0 saturated carbocycles. The Balaban J connectivity index is 1.66. The quantitative estimate of drug-likeness (QED) is 0.743. The maximum atomic E-state index is 12.6. The van der Waals surface area contributed by atoms with Gasteiger partial charge in [-0.05, 0) is 18.2 Å². The van der Waals surface area contributed by atoms with Crippen molar-refractivity contribution >= 4 is 22.5 Å². The fraction of sp³-hybridized carbons (Fsp3) is 0.316. The van der Waals surface area contributed by atoms with E-state index in [2.05, 4.69) is 25.2 Å². The number of pyridine rings is 1. The number of anilines is 2. The highest BCUT2D eigenvalue weighted by atomic mass is 19.3. The monoisotopic (exact) mass is 371 g/mol. The van der Waals surface area contributed by atoms with E-state index >= 15 is 0 Å². The molecule has 1 aliphatic heterocycles. The average Bonchev–Trinajstić information content (AvgIpc) is 2.72. The van der Waals surface area contributed by atoms with Crippen molar-refractivity contribution in [3.8, 4) is 11.3 Å². The zero-order chi connectivity index (χ0) is 18.6. The normalized spacial score (nSPS) is 14.7. The fourth-order valence-corrected chi connectivity index (χ4v) is 3.08. The highest BCUT2D eigenvalue weighted by Gasteiger charge is 2.13. The van der Waals surface area contributed by atoms with Gasteiger partial charge in [0.2, 0.25) is 0 Å². The van der Waals surface area contributed by atoms with Crippen LogP contribution >= 0.6 is 0 Å². The van der Waals surface area contributed by atoms with E-state index in [4.69, 9.17) is 4.74 Å². The van der Waals surface area contributed by atoms with Crippen LogP contribution in [0, 0.1) is 0 Å². The Labute approximate surface area is 155 Å². The number of ether oxygens (including phenoxy) is 1. The third-order valence-electron chi connectivity index (χ3n) is 4.42. The molecule has 0 aliphatic carbocycles. The summed E-state index contributed by atoms with van der Waals surface area (Å²) in [6, 6.07) is 9.85. The van der Waals surface area contributed by atoms with E-state index in [1.807, 2.05) is 30.3 Å². The van der Waals surface area contributed by atoms with Crippen molar-refractivity contribution in [2.24, 2.45) is 0 Å². The van der Waals surface area contributed by atoms with Crippen LogP contribution in [0.25, 0.3) is 22.3 Å². The highest BCUT2D eigenvalue weighted by molar-refractivity contribution is 5.88. The van der Waals surface area contributed by atoms with Crippen LogP contribution < -0.4 is 10.2 Å². The van der Waals surface area contributed by atoms with Crippen molar-refractivity contribution in [3.05, 3.63) is 42.7 Å². The van der Waals surface area contributed by atoms with Crippen LogP contribution in [0.1, 0.15) is 0 Å². The molecule has 0 radical (unpaired) electrons. The molecule has 0 spiro atoms. The Kier molecular flexibility index (Phi) is 5.06. The minimum absolute atomic E-state index is 0.313. The summed E-state index contributed by atoms with van der Waals surface area (Å²) >= 11 is 0. The summed E-state index contributed by atoms with van der Waals surface area (Å²) in [5, 5.41) is 2.67. The van der Waals surface area contributed by atoms with E-state index in [1.54, 1.807) is 6.20 Å². The summed E-state index contributed by atoms with van der Waals surface area (Å²) in [7, 11) is 0. The lowest BCUT2D eigenvalue weighted by Crippen LogP contribution is -2.36. The Bertz CT molecular complexity index is 914. The molecule has 0 atom stereocenters. The zero-order valence-electron chi connectivity index (χ0n) is 14.6. The van der Waals surface area contributed by atoms with Gasteiger partial charge in [-0.15, -0.1) is 0 Å². The van der Waals surface area contributed by atoms with Crippen LogP contribution in [-0.4, -0.2) is 54.2 Å². The molecule has 1 aromatic carbocycles. The van der Waals surface area contributed by atoms with E-state index in [0.717, 1.165) is 37.6 Å². The topological polar surface area (TPSA) is 63.2 Å². The van der Waals surface area contributed by atoms with Crippen LogP contribution in [0.2, 0.25) is 0 Å². The first-order valence-corrected chi connectivity index (χ1v) is 8.77. The van der Waals surface area contributed by atoms with Gasteiger partial charge < -0.3 is 15.0 Å². The van der Waals surface area contributed by atoms with Gasteiger partial charge in [-0.3, -0.25) is 4.98 Å². The molecule has 1 aliphatic rings. The van der Waals surface area contributed by atoms with Crippen LogP contribution in [-0.2, 0) is 4.74 Å². The van der Waals surface area contributed by atoms with Gasteiger partial charge in [0.1, 0.15) is 5.52 Å². The maximum Gasteiger partial charge on any atom is 0.255 e. The van der Waals surface area contributed by atoms with Gasteiger partial charge in [-0.25, -0.2) is 18.7 Å². The maximum absolute atomic E-state index is 12.6. The van der Waals surface area contributed by atoms with Crippen LogP contribution in [0.3, 0.4) is 0 Å². The molecule has 1 N–H and O–H groups in total. The molecular formula is C19H19F2N5O. The molecule has 6 nitrogen and oxygen atoms in total. The highest BCUT2D eigenvalue weighted by Crippen LogP contribution is 2.27. The molecule has 2 aromatic heterocycles. The summed E-state index contributed by atoms with van der Waals surface area (Å²) < 4.78 is 30.6. The third kappa shape index (κ3) is 3.95. The standard InChI is InChI=1S/C19H19F2N5O/c20-17(21)12-24-19-18-16(22-5-6-23-18)11-15(25-19)13-1-3-14(4-2-13)26-7-9-27-10-8-26/h1-6,11,17H,7-10,12H2,(H,24,25). The summed E-state index contributed by atoms with van der Waals surface area (Å²) in [6.07, 6.45) is 0.619. The molecule has 1 saturated heterocycles. The molecule has 140 valence electrons. The Morgan fingerprint density at radius 2 is 1.81 bits per heavy atom. The number of alkyl halides is 2. The van der Waals surface area contributed by atoms with Crippen molar-refractivity contribution in [1.29, 1.82) is 0 Å². The SMILES string of the molecule is FC(F)CNc1nc(-c2ccc(N3CCOCC3)cc2)cc2nccnc12. The number of aromatic nitrogens is 3. The summed E-state index contributed by atoms with van der Waals surface area (Å²) in [5.74, 6) is 0.313. The largest absolute Gasteiger partial charge is 0.378 e. The second-order valence-corrected chi connectivity index (χ2v) is 6.20. The number of rotatable bonds is 5. The van der Waals surface area contributed by atoms with Gasteiger partial charge in [0, 0.05) is 36.7 Å². The first-order valence-electron chi connectivity index (χ1n) is 8.77. The summed E-state index contributed by atoms with van der Waals surface area (Å²) in [4.78, 5) is 15.3. The lowest BCUT2D eigenvalue weighted by Gasteiger charge is -2.28. The molecule has 27 heavy (non-hydrogen) atoms. The lowest BCUT2D eigenvalue weighted by atomic mass is 10.1. The van der Waals surface area contributed by atoms with E-state index < -0.39 is 13.0 Å². The minimum Gasteiger partial charge on any atom is -0.378 e. The molecule has 0 unspecified atom stereocenters. The van der Waals surface area contributed by atoms with Gasteiger partial charge >= 0.3 is 0 Å². The number of nitrogens with zero attached hydrogens (tertiary/aromatic N) is 4. The van der Waals surface area contributed by atoms with Gasteiger partial charge in [0.05, 0.1) is 31.0 Å². The Hall–Kier alpha value is -2.87. The average molecular weight is 371 g/mol. The summed E-state index contributed by atoms with van der Waals surface area (Å²) in [6.45, 7) is 2.70. The van der Waals surface area contributed by atoms with Gasteiger partial charge in [-0.2, -0.15) is 0 Å². The second-order valence-electron chi connectivity index (χ2n) is 6.20. The van der Waals surface area contributed by atoms with Crippen molar-refractivity contribution in [2.45, 2.75) is 6.43 Å². The van der Waals surface area contributed by atoms with E-state index in [1.165, 1.54) is 6.20 Å². The first kappa shape index (κ1) is 17.5. The van der Waals surface area contributed by atoms with E-state index in [-0.39, 0.29) is 0 Å². The molecule has 3 heterocycles. The minimum atomic E-state index is -2.48. The Morgan fingerprint density at radius 1 is 1.07 bits per heavy atom. The molecule has 0 amide bonds. The molecule has 1 fully saturated rings. The number of benzene rings is 1. The number of hydrogen-bond donors (Lipinski definition) is 1. The zero-order valence-corrected chi connectivity index (χ0v) is 14.6. The lowest BCUT2D eigenvalue weighted by molar-refractivity contribution is 0.122. The second kappa shape index (κ2) is 7.79. The third-order valence-corrected chi connectivity index (χ3v) is 4.42. The number of halogens is 2. The predicted molar refractivity (Wildman–Crippen MR) is 100 cm³/mol. The number of nitrogens with one attached hydrogen (secondary N) is 1. The van der Waals surface area contributed by atoms with Crippen LogP contribution in [0.15, 0.2) is 42.7 Å². The van der Waals surface area contributed by atoms with Crippen LogP contribution in [0.4, 0.5) is 20.3 Å². The van der Waals surface area contributed by atoms with Gasteiger partial charge in [-0.1, -0.05) is 12.1 Å². The fourth-order valence-electron chi connectivity index (χ4n) is 3.08. The molecule has 8 heteroatoms. The molecule has 4 rings (SSSR count). The van der Waals surface area contributed by atoms with Crippen molar-refractivity contribution in [3.63, 3.8) is 0 Å². The number of hydrogen-bond acceptors (Lipinski definition) is 6. The smallest absolute Gasteiger partial charge is 0.255 e. The first-order chi connectivity index (χ1) is 13.2.